The summed E-state index contributed by atoms with van der Waals surface area (Å²) in [7, 11) is 0. The molecule has 2 rings (SSSR count). The summed E-state index contributed by atoms with van der Waals surface area (Å²) in [6.45, 7) is 2.12. The van der Waals surface area contributed by atoms with Crippen LogP contribution in [-0.2, 0) is 0 Å². The Bertz CT molecular complexity index is 513. The van der Waals surface area contributed by atoms with Crippen molar-refractivity contribution in [3.05, 3.63) is 51.2 Å². The van der Waals surface area contributed by atoms with E-state index in [-0.39, 0.29) is 6.04 Å². The molecular formula is C13H15ClN2S2. The number of rotatable bonds is 5. The Morgan fingerprint density at radius 2 is 2.11 bits per heavy atom. The average Bonchev–Trinajstić information content (AvgIpc) is 2.79. The van der Waals surface area contributed by atoms with Gasteiger partial charge in [0.25, 0.3) is 0 Å². The van der Waals surface area contributed by atoms with Crippen LogP contribution in [0.2, 0.25) is 4.34 Å². The topological polar surface area (TPSA) is 38.0 Å². The fraction of sp³-hybridized carbons (Fsp3) is 0.231. The van der Waals surface area contributed by atoms with Gasteiger partial charge in [-0.2, -0.15) is 0 Å². The van der Waals surface area contributed by atoms with E-state index in [0.29, 0.717) is 0 Å². The second-order valence-corrected chi connectivity index (χ2v) is 6.75. The quantitative estimate of drug-likeness (QED) is 0.498. The number of halogens is 1. The Kier molecular flexibility index (Phi) is 5.09. The van der Waals surface area contributed by atoms with Crippen LogP contribution in [0.15, 0.2) is 41.3 Å². The van der Waals surface area contributed by atoms with Gasteiger partial charge in [0.2, 0.25) is 0 Å². The lowest BCUT2D eigenvalue weighted by atomic mass is 10.2. The number of nitrogens with one attached hydrogen (secondary N) is 1. The first-order valence-corrected chi connectivity index (χ1v) is 7.78. The van der Waals surface area contributed by atoms with E-state index in [0.717, 1.165) is 10.1 Å². The lowest BCUT2D eigenvalue weighted by Crippen LogP contribution is -2.29. The summed E-state index contributed by atoms with van der Waals surface area (Å²) in [5.41, 5.74) is 4.15. The summed E-state index contributed by atoms with van der Waals surface area (Å²) < 4.78 is 0.797. The molecule has 0 aliphatic heterocycles. The molecule has 1 unspecified atom stereocenters. The summed E-state index contributed by atoms with van der Waals surface area (Å²) >= 11 is 9.32. The summed E-state index contributed by atoms with van der Waals surface area (Å²) in [6.07, 6.45) is 0. The zero-order chi connectivity index (χ0) is 13.0. The van der Waals surface area contributed by atoms with E-state index in [1.165, 1.54) is 15.3 Å². The van der Waals surface area contributed by atoms with Gasteiger partial charge in [-0.1, -0.05) is 29.8 Å². The van der Waals surface area contributed by atoms with Crippen LogP contribution >= 0.6 is 34.7 Å². The van der Waals surface area contributed by atoms with Crippen molar-refractivity contribution >= 4 is 34.7 Å². The van der Waals surface area contributed by atoms with Gasteiger partial charge < -0.3 is 0 Å². The Morgan fingerprint density at radius 1 is 1.33 bits per heavy atom. The maximum absolute atomic E-state index is 5.95. The van der Waals surface area contributed by atoms with Crippen LogP contribution in [0.5, 0.6) is 0 Å². The van der Waals surface area contributed by atoms with Crippen LogP contribution in [-0.4, -0.2) is 5.75 Å². The monoisotopic (exact) mass is 298 g/mol. The highest BCUT2D eigenvalue weighted by Crippen LogP contribution is 2.31. The second kappa shape index (κ2) is 6.59. The number of hydrogen-bond acceptors (Lipinski definition) is 4. The fourth-order valence-electron chi connectivity index (χ4n) is 1.62. The molecule has 1 aromatic carbocycles. The van der Waals surface area contributed by atoms with E-state index in [1.54, 1.807) is 23.1 Å². The first-order chi connectivity index (χ1) is 8.70. The van der Waals surface area contributed by atoms with Gasteiger partial charge in [-0.3, -0.25) is 11.3 Å². The molecule has 3 N–H and O–H groups in total. The van der Waals surface area contributed by atoms with E-state index >= 15 is 0 Å². The van der Waals surface area contributed by atoms with Gasteiger partial charge >= 0.3 is 0 Å². The zero-order valence-corrected chi connectivity index (χ0v) is 12.4. The highest BCUT2D eigenvalue weighted by molar-refractivity contribution is 7.99. The molecule has 0 saturated carbocycles. The summed E-state index contributed by atoms with van der Waals surface area (Å²) in [5, 5.41) is 0. The molecule has 18 heavy (non-hydrogen) atoms. The predicted molar refractivity (Wildman–Crippen MR) is 81.3 cm³/mol. The van der Waals surface area contributed by atoms with Crippen molar-refractivity contribution in [2.24, 2.45) is 5.84 Å². The first kappa shape index (κ1) is 13.9. The summed E-state index contributed by atoms with van der Waals surface area (Å²) in [5.74, 6) is 6.50. The minimum atomic E-state index is 0.132. The van der Waals surface area contributed by atoms with E-state index in [2.05, 4.69) is 36.6 Å². The van der Waals surface area contributed by atoms with Crippen molar-refractivity contribution in [1.29, 1.82) is 0 Å². The molecule has 0 aliphatic rings. The fourth-order valence-corrected chi connectivity index (χ4v) is 3.94. The Labute approximate surface area is 121 Å². The molecule has 0 spiro atoms. The Hall–Kier alpha value is -0.520. The van der Waals surface area contributed by atoms with Crippen LogP contribution in [0, 0.1) is 6.92 Å². The molecule has 0 fully saturated rings. The summed E-state index contributed by atoms with van der Waals surface area (Å²) in [6, 6.07) is 12.4. The molecule has 2 nitrogen and oxygen atoms in total. The van der Waals surface area contributed by atoms with Gasteiger partial charge in [0.1, 0.15) is 0 Å². The lowest BCUT2D eigenvalue weighted by molar-refractivity contribution is 0.620. The molecule has 0 aliphatic carbocycles. The van der Waals surface area contributed by atoms with Crippen molar-refractivity contribution in [2.75, 3.05) is 5.75 Å². The minimum Gasteiger partial charge on any atom is -0.271 e. The van der Waals surface area contributed by atoms with Crippen LogP contribution in [0.3, 0.4) is 0 Å². The molecule has 1 atom stereocenters. The highest BCUT2D eigenvalue weighted by Gasteiger charge is 2.13. The molecule has 5 heteroatoms. The third-order valence-corrected chi connectivity index (χ3v) is 5.25. The van der Waals surface area contributed by atoms with Gasteiger partial charge in [0.15, 0.2) is 0 Å². The molecule has 0 amide bonds. The largest absolute Gasteiger partial charge is 0.271 e. The second-order valence-electron chi connectivity index (χ2n) is 3.94. The predicted octanol–water partition coefficient (Wildman–Crippen LogP) is 4.01. The molecule has 1 heterocycles. The number of hydrogen-bond donors (Lipinski definition) is 2. The van der Waals surface area contributed by atoms with Crippen molar-refractivity contribution < 1.29 is 0 Å². The first-order valence-electron chi connectivity index (χ1n) is 5.60. The van der Waals surface area contributed by atoms with Crippen LogP contribution in [0.1, 0.15) is 16.5 Å². The summed E-state index contributed by atoms with van der Waals surface area (Å²) in [4.78, 5) is 2.46. The van der Waals surface area contributed by atoms with E-state index in [1.807, 2.05) is 12.1 Å². The minimum absolute atomic E-state index is 0.132. The SMILES string of the molecule is Cc1ccccc1SCC(NN)c1ccc(Cl)s1. The molecular weight excluding hydrogens is 284 g/mol. The number of aryl methyl sites for hydroxylation is 1. The number of thioether (sulfide) groups is 1. The van der Waals surface area contributed by atoms with Gasteiger partial charge in [-0.05, 0) is 30.7 Å². The Morgan fingerprint density at radius 3 is 2.72 bits per heavy atom. The third kappa shape index (κ3) is 3.49. The van der Waals surface area contributed by atoms with Gasteiger partial charge in [0.05, 0.1) is 10.4 Å². The van der Waals surface area contributed by atoms with Crippen molar-refractivity contribution in [3.63, 3.8) is 0 Å². The molecule has 0 saturated heterocycles. The van der Waals surface area contributed by atoms with Crippen LogP contribution in [0.25, 0.3) is 0 Å². The number of hydrazine groups is 1. The average molecular weight is 299 g/mol. The maximum Gasteiger partial charge on any atom is 0.0931 e. The maximum atomic E-state index is 5.95. The molecule has 0 radical (unpaired) electrons. The number of thiophene rings is 1. The van der Waals surface area contributed by atoms with Gasteiger partial charge in [-0.25, -0.2) is 0 Å². The standard InChI is InChI=1S/C13H15ClN2S2/c1-9-4-2-3-5-11(9)17-8-10(16-15)12-6-7-13(14)18-12/h2-7,10,16H,8,15H2,1H3. The van der Waals surface area contributed by atoms with Crippen LogP contribution in [0.4, 0.5) is 0 Å². The number of nitrogens with two attached hydrogens (primary N) is 1. The van der Waals surface area contributed by atoms with E-state index in [4.69, 9.17) is 17.4 Å². The normalized spacial score (nSPS) is 12.6. The van der Waals surface area contributed by atoms with Crippen molar-refractivity contribution in [2.45, 2.75) is 17.9 Å². The van der Waals surface area contributed by atoms with Crippen LogP contribution < -0.4 is 11.3 Å². The number of benzene rings is 1. The molecule has 2 aromatic rings. The van der Waals surface area contributed by atoms with E-state index in [9.17, 15) is 0 Å². The highest BCUT2D eigenvalue weighted by atomic mass is 35.5. The third-order valence-electron chi connectivity index (χ3n) is 2.64. The zero-order valence-electron chi connectivity index (χ0n) is 10.0. The van der Waals surface area contributed by atoms with Crippen molar-refractivity contribution in [1.82, 2.24) is 5.43 Å². The van der Waals surface area contributed by atoms with Gasteiger partial charge in [-0.15, -0.1) is 23.1 Å². The molecule has 96 valence electrons. The van der Waals surface area contributed by atoms with E-state index < -0.39 is 0 Å². The molecule has 1 aromatic heterocycles. The van der Waals surface area contributed by atoms with Crippen molar-refractivity contribution in [3.8, 4) is 0 Å². The lowest BCUT2D eigenvalue weighted by Gasteiger charge is -2.14. The Balaban J connectivity index is 2.02. The smallest absolute Gasteiger partial charge is 0.0931 e. The molecule has 0 bridgehead atoms. The van der Waals surface area contributed by atoms with Gasteiger partial charge in [0, 0.05) is 15.5 Å².